The van der Waals surface area contributed by atoms with E-state index in [2.05, 4.69) is 9.89 Å². The van der Waals surface area contributed by atoms with Gasteiger partial charge in [0.05, 0.1) is 17.7 Å². The Hall–Kier alpha value is -2.81. The maximum Gasteiger partial charge on any atom is 0.455 e. The van der Waals surface area contributed by atoms with Crippen molar-refractivity contribution in [1.82, 2.24) is 10.1 Å². The van der Waals surface area contributed by atoms with Gasteiger partial charge in [0, 0.05) is 25.9 Å². The number of allylic oxidation sites excluding steroid dienone is 1. The van der Waals surface area contributed by atoms with Gasteiger partial charge in [0.1, 0.15) is 11.3 Å². The summed E-state index contributed by atoms with van der Waals surface area (Å²) in [6.45, 7) is 0. The number of nitrogens with zero attached hydrogens (tertiary/aromatic N) is 2. The van der Waals surface area contributed by atoms with Crippen LogP contribution in [-0.4, -0.2) is 49.2 Å². The molecule has 0 saturated heterocycles. The number of methoxy groups -OCH3 is 1. The molecule has 0 unspecified atom stereocenters. The van der Waals surface area contributed by atoms with Gasteiger partial charge in [0.25, 0.3) is 5.78 Å². The number of carbonyl (C=O) groups is 2. The molecule has 144 valence electrons. The van der Waals surface area contributed by atoms with E-state index in [1.165, 1.54) is 31.1 Å². The molecule has 0 aliphatic heterocycles. The maximum atomic E-state index is 13.0. The molecule has 0 bridgehead atoms. The molecular formula is C17H14ClF3N2O4. The van der Waals surface area contributed by atoms with Gasteiger partial charge < -0.3 is 14.2 Å². The first kappa shape index (κ1) is 20.5. The summed E-state index contributed by atoms with van der Waals surface area (Å²) in [7, 11) is 3.86. The van der Waals surface area contributed by atoms with Gasteiger partial charge in [-0.15, -0.1) is 0 Å². The predicted octanol–water partition coefficient (Wildman–Crippen LogP) is 3.82. The molecule has 2 rings (SSSR count). The van der Waals surface area contributed by atoms with Gasteiger partial charge in [0.15, 0.2) is 5.76 Å². The zero-order valence-corrected chi connectivity index (χ0v) is 15.2. The highest BCUT2D eigenvalue weighted by Gasteiger charge is 2.44. The van der Waals surface area contributed by atoms with Crippen LogP contribution in [0.2, 0.25) is 5.02 Å². The number of halogens is 4. The average Bonchev–Trinajstić information content (AvgIpc) is 3.02. The van der Waals surface area contributed by atoms with Crippen LogP contribution in [0, 0.1) is 0 Å². The van der Waals surface area contributed by atoms with E-state index in [1.54, 1.807) is 12.1 Å². The van der Waals surface area contributed by atoms with Crippen LogP contribution in [-0.2, 0) is 9.53 Å². The van der Waals surface area contributed by atoms with Crippen molar-refractivity contribution < 1.29 is 32.0 Å². The number of carbonyl (C=O) groups excluding carboxylic acids is 2. The highest BCUT2D eigenvalue weighted by molar-refractivity contribution is 6.33. The van der Waals surface area contributed by atoms with Gasteiger partial charge in [-0.05, 0) is 6.07 Å². The molecule has 2 aromatic rings. The molecule has 0 aliphatic rings. The lowest BCUT2D eigenvalue weighted by Crippen LogP contribution is -2.25. The van der Waals surface area contributed by atoms with E-state index in [0.29, 0.717) is 0 Å². The maximum absolute atomic E-state index is 13.0. The molecule has 0 amide bonds. The minimum absolute atomic E-state index is 0.137. The van der Waals surface area contributed by atoms with Crippen LogP contribution in [0.1, 0.15) is 16.1 Å². The fraction of sp³-hybridized carbons (Fsp3) is 0.235. The topological polar surface area (TPSA) is 72.6 Å². The van der Waals surface area contributed by atoms with Crippen LogP contribution in [0.5, 0.6) is 0 Å². The normalized spacial score (nSPS) is 12.0. The average molecular weight is 403 g/mol. The summed E-state index contributed by atoms with van der Waals surface area (Å²) in [4.78, 5) is 25.4. The molecule has 1 aromatic carbocycles. The summed E-state index contributed by atoms with van der Waals surface area (Å²) in [6.07, 6.45) is -4.30. The quantitative estimate of drug-likeness (QED) is 0.559. The third-order valence-electron chi connectivity index (χ3n) is 3.34. The Kier molecular flexibility index (Phi) is 5.94. The van der Waals surface area contributed by atoms with Crippen LogP contribution in [0.15, 0.2) is 35.0 Å². The van der Waals surface area contributed by atoms with Crippen LogP contribution in [0.4, 0.5) is 13.2 Å². The third kappa shape index (κ3) is 4.30. The van der Waals surface area contributed by atoms with Crippen molar-refractivity contribution in [3.05, 3.63) is 46.8 Å². The number of aromatic nitrogens is 1. The summed E-state index contributed by atoms with van der Waals surface area (Å²) in [5, 5.41) is 3.85. The first-order valence-corrected chi connectivity index (χ1v) is 7.78. The Morgan fingerprint density at radius 1 is 1.26 bits per heavy atom. The van der Waals surface area contributed by atoms with Crippen LogP contribution in [0.25, 0.3) is 16.8 Å². The van der Waals surface area contributed by atoms with Gasteiger partial charge in [-0.3, -0.25) is 4.79 Å². The minimum atomic E-state index is -5.19. The highest BCUT2D eigenvalue weighted by atomic mass is 35.5. The van der Waals surface area contributed by atoms with Crippen molar-refractivity contribution >= 4 is 28.9 Å². The van der Waals surface area contributed by atoms with Crippen LogP contribution in [0.3, 0.4) is 0 Å². The Labute approximate surface area is 157 Å². The van der Waals surface area contributed by atoms with E-state index < -0.39 is 34.8 Å². The second-order valence-electron chi connectivity index (χ2n) is 5.54. The van der Waals surface area contributed by atoms with Crippen molar-refractivity contribution in [2.24, 2.45) is 0 Å². The molecule has 0 radical (unpaired) electrons. The van der Waals surface area contributed by atoms with Gasteiger partial charge in [-0.1, -0.05) is 35.0 Å². The van der Waals surface area contributed by atoms with Crippen molar-refractivity contribution in [3.63, 3.8) is 0 Å². The number of hydrogen-bond acceptors (Lipinski definition) is 6. The molecule has 0 fully saturated rings. The Balaban J connectivity index is 2.77. The standard InChI is InChI=1S/C17H14ClF3N2O4/c1-23(2)8-10(15(24)17(19,20)21)14-12(16(25)26-3)13(22-27-14)9-6-4-5-7-11(9)18/h4-8H,1-3H3. The summed E-state index contributed by atoms with van der Waals surface area (Å²) in [6, 6.07) is 6.21. The number of ketones is 1. The molecular weight excluding hydrogens is 389 g/mol. The number of hydrogen-bond donors (Lipinski definition) is 0. The SMILES string of the molecule is COC(=O)c1c(-c2ccccc2Cl)noc1C(=CN(C)C)C(=O)C(F)(F)F. The molecule has 0 atom stereocenters. The zero-order chi connectivity index (χ0) is 20.4. The lowest BCUT2D eigenvalue weighted by Gasteiger charge is -2.12. The van der Waals surface area contributed by atoms with Crippen molar-refractivity contribution in [1.29, 1.82) is 0 Å². The Morgan fingerprint density at radius 3 is 2.41 bits per heavy atom. The molecule has 0 N–H and O–H groups in total. The van der Waals surface area contributed by atoms with E-state index in [9.17, 15) is 22.8 Å². The summed E-state index contributed by atoms with van der Waals surface area (Å²) in [5.41, 5.74) is -1.23. The first-order chi connectivity index (χ1) is 12.6. The summed E-state index contributed by atoms with van der Waals surface area (Å²) >= 11 is 6.08. The molecule has 0 saturated carbocycles. The predicted molar refractivity (Wildman–Crippen MR) is 91.0 cm³/mol. The zero-order valence-electron chi connectivity index (χ0n) is 14.4. The number of ether oxygens (including phenoxy) is 1. The molecule has 0 aliphatic carbocycles. The van der Waals surface area contributed by atoms with E-state index in [0.717, 1.165) is 13.3 Å². The number of alkyl halides is 3. The monoisotopic (exact) mass is 402 g/mol. The third-order valence-corrected chi connectivity index (χ3v) is 3.67. The smallest absolute Gasteiger partial charge is 0.455 e. The number of rotatable bonds is 5. The van der Waals surface area contributed by atoms with Gasteiger partial charge in [-0.2, -0.15) is 13.2 Å². The van der Waals surface area contributed by atoms with Crippen molar-refractivity contribution in [3.8, 4) is 11.3 Å². The first-order valence-electron chi connectivity index (χ1n) is 7.41. The van der Waals surface area contributed by atoms with Gasteiger partial charge >= 0.3 is 12.1 Å². The van der Waals surface area contributed by atoms with Gasteiger partial charge in [-0.25, -0.2) is 4.79 Å². The molecule has 6 nitrogen and oxygen atoms in total. The molecule has 1 heterocycles. The van der Waals surface area contributed by atoms with E-state index in [4.69, 9.17) is 16.1 Å². The lowest BCUT2D eigenvalue weighted by molar-refractivity contribution is -0.164. The van der Waals surface area contributed by atoms with Crippen LogP contribution >= 0.6 is 11.6 Å². The Morgan fingerprint density at radius 2 is 1.89 bits per heavy atom. The number of Topliss-reactive ketones (excluding diaryl/α,β-unsaturated/α-hetero) is 1. The summed E-state index contributed by atoms with van der Waals surface area (Å²) < 4.78 is 48.7. The second kappa shape index (κ2) is 7.83. The molecule has 10 heteroatoms. The molecule has 0 spiro atoms. The van der Waals surface area contributed by atoms with Crippen molar-refractivity contribution in [2.75, 3.05) is 21.2 Å². The number of esters is 1. The van der Waals surface area contributed by atoms with E-state index >= 15 is 0 Å². The van der Waals surface area contributed by atoms with Crippen LogP contribution < -0.4 is 0 Å². The lowest BCUT2D eigenvalue weighted by atomic mass is 10.0. The van der Waals surface area contributed by atoms with E-state index in [-0.39, 0.29) is 16.3 Å². The fourth-order valence-corrected chi connectivity index (χ4v) is 2.46. The minimum Gasteiger partial charge on any atom is -0.465 e. The number of benzene rings is 1. The van der Waals surface area contributed by atoms with Crippen molar-refractivity contribution in [2.45, 2.75) is 6.18 Å². The fourth-order valence-electron chi connectivity index (χ4n) is 2.23. The largest absolute Gasteiger partial charge is 0.465 e. The Bertz CT molecular complexity index is 904. The molecule has 1 aromatic heterocycles. The van der Waals surface area contributed by atoms with Gasteiger partial charge in [0.2, 0.25) is 0 Å². The second-order valence-corrected chi connectivity index (χ2v) is 5.95. The molecule has 27 heavy (non-hydrogen) atoms. The summed E-state index contributed by atoms with van der Waals surface area (Å²) in [5.74, 6) is -3.88. The highest BCUT2D eigenvalue weighted by Crippen LogP contribution is 2.36. The van der Waals surface area contributed by atoms with E-state index in [1.807, 2.05) is 0 Å².